The van der Waals surface area contributed by atoms with Gasteiger partial charge < -0.3 is 0 Å². The first-order valence-electron chi connectivity index (χ1n) is 6.96. The summed E-state index contributed by atoms with van der Waals surface area (Å²) in [6.45, 7) is 0.758. The third-order valence-corrected chi connectivity index (χ3v) is 3.77. The molecule has 0 unspecified atom stereocenters. The second-order valence-corrected chi connectivity index (χ2v) is 5.11. The lowest BCUT2D eigenvalue weighted by Crippen LogP contribution is -2.24. The van der Waals surface area contributed by atoms with Crippen molar-refractivity contribution in [3.8, 4) is 0 Å². The van der Waals surface area contributed by atoms with Gasteiger partial charge in [0.15, 0.2) is 0 Å². The van der Waals surface area contributed by atoms with Crippen LogP contribution in [0, 0.1) is 0 Å². The van der Waals surface area contributed by atoms with Gasteiger partial charge in [-0.15, -0.1) is 0 Å². The van der Waals surface area contributed by atoms with Crippen molar-refractivity contribution in [2.75, 3.05) is 0 Å². The Morgan fingerprint density at radius 3 is 2.84 bits per heavy atom. The summed E-state index contributed by atoms with van der Waals surface area (Å²) in [6, 6.07) is 10.4. The number of rotatable bonds is 4. The van der Waals surface area contributed by atoms with Crippen LogP contribution in [-0.4, -0.2) is 9.55 Å². The molecule has 0 radical (unpaired) electrons. The summed E-state index contributed by atoms with van der Waals surface area (Å²) in [7, 11) is 0. The minimum atomic E-state index is 0.176. The second kappa shape index (κ2) is 5.39. The molecule has 0 bridgehead atoms. The van der Waals surface area contributed by atoms with Gasteiger partial charge in [-0.2, -0.15) is 0 Å². The predicted molar refractivity (Wildman–Crippen MR) is 75.3 cm³/mol. The molecule has 1 aliphatic carbocycles. The standard InChI is InChI=1S/C16H18N2O/c19-16-14-9-4-10-15(14)17-12-18(16)11-5-8-13-6-2-1-3-7-13/h1-3,6-7,12H,4-5,8-11H2. The van der Waals surface area contributed by atoms with E-state index in [0.717, 1.165) is 49.9 Å². The van der Waals surface area contributed by atoms with Crippen LogP contribution >= 0.6 is 0 Å². The normalized spacial score (nSPS) is 13.5. The summed E-state index contributed by atoms with van der Waals surface area (Å²) in [4.78, 5) is 16.6. The Kier molecular flexibility index (Phi) is 3.45. The SMILES string of the molecule is O=c1c2c(ncn1CCCc1ccccc1)CCC2. The molecule has 0 amide bonds. The van der Waals surface area contributed by atoms with E-state index in [2.05, 4.69) is 29.2 Å². The van der Waals surface area contributed by atoms with Gasteiger partial charge in [-0.25, -0.2) is 4.98 Å². The lowest BCUT2D eigenvalue weighted by Gasteiger charge is -2.07. The average molecular weight is 254 g/mol. The Bertz CT molecular complexity index is 616. The molecule has 0 saturated heterocycles. The molecule has 2 aromatic rings. The third kappa shape index (κ3) is 2.60. The van der Waals surface area contributed by atoms with E-state index >= 15 is 0 Å². The quantitative estimate of drug-likeness (QED) is 0.839. The van der Waals surface area contributed by atoms with Crippen molar-refractivity contribution in [3.05, 3.63) is 63.8 Å². The van der Waals surface area contributed by atoms with E-state index in [4.69, 9.17) is 0 Å². The fourth-order valence-electron chi connectivity index (χ4n) is 2.72. The summed E-state index contributed by atoms with van der Waals surface area (Å²) in [5.41, 5.74) is 3.46. The highest BCUT2D eigenvalue weighted by Crippen LogP contribution is 2.15. The monoisotopic (exact) mass is 254 g/mol. The van der Waals surface area contributed by atoms with Crippen molar-refractivity contribution in [1.29, 1.82) is 0 Å². The molecular weight excluding hydrogens is 236 g/mol. The zero-order valence-electron chi connectivity index (χ0n) is 11.0. The maximum absolute atomic E-state index is 12.2. The largest absolute Gasteiger partial charge is 0.299 e. The van der Waals surface area contributed by atoms with E-state index in [9.17, 15) is 4.79 Å². The number of fused-ring (bicyclic) bond motifs is 1. The Morgan fingerprint density at radius 2 is 2.00 bits per heavy atom. The van der Waals surface area contributed by atoms with Gasteiger partial charge in [0.1, 0.15) is 0 Å². The molecule has 98 valence electrons. The van der Waals surface area contributed by atoms with E-state index in [1.54, 1.807) is 10.9 Å². The van der Waals surface area contributed by atoms with Crippen molar-refractivity contribution in [2.24, 2.45) is 0 Å². The number of hydrogen-bond acceptors (Lipinski definition) is 2. The highest BCUT2D eigenvalue weighted by molar-refractivity contribution is 5.21. The Morgan fingerprint density at radius 1 is 1.16 bits per heavy atom. The van der Waals surface area contributed by atoms with Crippen molar-refractivity contribution in [1.82, 2.24) is 9.55 Å². The molecule has 19 heavy (non-hydrogen) atoms. The van der Waals surface area contributed by atoms with Gasteiger partial charge in [-0.3, -0.25) is 9.36 Å². The van der Waals surface area contributed by atoms with Crippen molar-refractivity contribution in [2.45, 2.75) is 38.6 Å². The van der Waals surface area contributed by atoms with Crippen LogP contribution in [0.15, 0.2) is 41.5 Å². The van der Waals surface area contributed by atoms with Crippen LogP contribution in [0.5, 0.6) is 0 Å². The first kappa shape index (κ1) is 12.2. The average Bonchev–Trinajstić information content (AvgIpc) is 2.92. The number of aromatic nitrogens is 2. The topological polar surface area (TPSA) is 34.9 Å². The number of nitrogens with zero attached hydrogens (tertiary/aromatic N) is 2. The van der Waals surface area contributed by atoms with Crippen LogP contribution in [0.25, 0.3) is 0 Å². The van der Waals surface area contributed by atoms with Crippen molar-refractivity contribution >= 4 is 0 Å². The zero-order valence-corrected chi connectivity index (χ0v) is 11.0. The molecule has 3 heteroatoms. The minimum Gasteiger partial charge on any atom is -0.299 e. The van der Waals surface area contributed by atoms with Crippen LogP contribution < -0.4 is 5.56 Å². The van der Waals surface area contributed by atoms with Gasteiger partial charge >= 0.3 is 0 Å². The van der Waals surface area contributed by atoms with Crippen LogP contribution in [0.4, 0.5) is 0 Å². The summed E-state index contributed by atoms with van der Waals surface area (Å²) in [6.07, 6.45) is 6.65. The van der Waals surface area contributed by atoms with Crippen LogP contribution in [0.2, 0.25) is 0 Å². The summed E-state index contributed by atoms with van der Waals surface area (Å²) in [5, 5.41) is 0. The van der Waals surface area contributed by atoms with Crippen molar-refractivity contribution in [3.63, 3.8) is 0 Å². The van der Waals surface area contributed by atoms with E-state index in [1.165, 1.54) is 5.56 Å². The zero-order chi connectivity index (χ0) is 13.1. The molecule has 0 atom stereocenters. The van der Waals surface area contributed by atoms with Crippen LogP contribution in [0.1, 0.15) is 29.7 Å². The van der Waals surface area contributed by atoms with E-state index in [-0.39, 0.29) is 5.56 Å². The highest BCUT2D eigenvalue weighted by Gasteiger charge is 2.16. The van der Waals surface area contributed by atoms with Gasteiger partial charge in [-0.1, -0.05) is 30.3 Å². The van der Waals surface area contributed by atoms with E-state index in [1.807, 2.05) is 6.07 Å². The number of benzene rings is 1. The van der Waals surface area contributed by atoms with E-state index < -0.39 is 0 Å². The second-order valence-electron chi connectivity index (χ2n) is 5.11. The minimum absolute atomic E-state index is 0.176. The van der Waals surface area contributed by atoms with Crippen molar-refractivity contribution < 1.29 is 0 Å². The Labute approximate surface area is 112 Å². The molecule has 0 fully saturated rings. The molecule has 0 aliphatic heterocycles. The third-order valence-electron chi connectivity index (χ3n) is 3.77. The molecule has 0 saturated carbocycles. The Balaban J connectivity index is 1.66. The molecule has 3 nitrogen and oxygen atoms in total. The molecule has 1 aliphatic rings. The number of aryl methyl sites for hydroxylation is 3. The molecule has 1 heterocycles. The van der Waals surface area contributed by atoms with Gasteiger partial charge in [0.05, 0.1) is 12.0 Å². The fourth-order valence-corrected chi connectivity index (χ4v) is 2.72. The molecule has 0 N–H and O–H groups in total. The lowest BCUT2D eigenvalue weighted by molar-refractivity contribution is 0.605. The molecular formula is C16H18N2O. The summed E-state index contributed by atoms with van der Waals surface area (Å²) < 4.78 is 1.77. The molecule has 3 rings (SSSR count). The molecule has 0 spiro atoms. The Hall–Kier alpha value is -1.90. The summed E-state index contributed by atoms with van der Waals surface area (Å²) in [5.74, 6) is 0. The first-order chi connectivity index (χ1) is 9.34. The molecule has 1 aromatic carbocycles. The first-order valence-corrected chi connectivity index (χ1v) is 6.96. The predicted octanol–water partition coefficient (Wildman–Crippen LogP) is 2.36. The fraction of sp³-hybridized carbons (Fsp3) is 0.375. The summed E-state index contributed by atoms with van der Waals surface area (Å²) >= 11 is 0. The van der Waals surface area contributed by atoms with Crippen LogP contribution in [0.3, 0.4) is 0 Å². The van der Waals surface area contributed by atoms with E-state index in [0.29, 0.717) is 0 Å². The van der Waals surface area contributed by atoms with Crippen LogP contribution in [-0.2, 0) is 25.8 Å². The van der Waals surface area contributed by atoms with Gasteiger partial charge in [-0.05, 0) is 37.7 Å². The van der Waals surface area contributed by atoms with Gasteiger partial charge in [0.25, 0.3) is 5.56 Å². The number of hydrogen-bond donors (Lipinski definition) is 0. The highest BCUT2D eigenvalue weighted by atomic mass is 16.1. The lowest BCUT2D eigenvalue weighted by atomic mass is 10.1. The van der Waals surface area contributed by atoms with Gasteiger partial charge in [0.2, 0.25) is 0 Å². The molecule has 1 aromatic heterocycles. The maximum Gasteiger partial charge on any atom is 0.256 e. The van der Waals surface area contributed by atoms with Gasteiger partial charge in [0, 0.05) is 12.1 Å². The maximum atomic E-state index is 12.2. The smallest absolute Gasteiger partial charge is 0.256 e.